The third-order valence-electron chi connectivity index (χ3n) is 17.5. The summed E-state index contributed by atoms with van der Waals surface area (Å²) in [6, 6.07) is 100. The highest BCUT2D eigenvalue weighted by atomic mass is 15.2. The zero-order valence-corrected chi connectivity index (χ0v) is 48.5. The summed E-state index contributed by atoms with van der Waals surface area (Å²) in [6.07, 6.45) is 0. The van der Waals surface area contributed by atoms with Crippen LogP contribution in [0.4, 0.5) is 51.2 Å². The molecule has 0 radical (unpaired) electrons. The van der Waals surface area contributed by atoms with Gasteiger partial charge >= 0.3 is 0 Å². The molecule has 0 aliphatic carbocycles. The first-order valence-corrected chi connectivity index (χ1v) is 29.9. The van der Waals surface area contributed by atoms with Gasteiger partial charge in [-0.2, -0.15) is 0 Å². The maximum Gasteiger partial charge on any atom is 0.252 e. The summed E-state index contributed by atoms with van der Waals surface area (Å²) >= 11 is 0. The molecule has 0 bridgehead atoms. The van der Waals surface area contributed by atoms with Crippen LogP contribution in [0.1, 0.15) is 33.2 Å². The van der Waals surface area contributed by atoms with Crippen molar-refractivity contribution in [2.24, 2.45) is 0 Å². The largest absolute Gasteiger partial charge is 0.311 e. The minimum Gasteiger partial charge on any atom is -0.311 e. The Labute approximate surface area is 516 Å². The van der Waals surface area contributed by atoms with Crippen molar-refractivity contribution in [1.29, 1.82) is 0 Å². The van der Waals surface area contributed by atoms with Crippen LogP contribution in [0, 0.1) is 0 Å². The minimum absolute atomic E-state index is 0.154. The molecule has 0 saturated carbocycles. The Bertz CT molecular complexity index is 5100. The van der Waals surface area contributed by atoms with E-state index >= 15 is 0 Å². The third-order valence-corrected chi connectivity index (χ3v) is 17.5. The zero-order chi connectivity index (χ0) is 62.5. The molecule has 3 heterocycles. The first kappa shape index (κ1) is 46.5. The van der Waals surface area contributed by atoms with Gasteiger partial charge in [0.25, 0.3) is 6.71 Å². The second kappa shape index (κ2) is 21.0. The van der Waals surface area contributed by atoms with Crippen LogP contribution in [-0.4, -0.2) is 11.3 Å². The average molecular weight is 1120 g/mol. The van der Waals surface area contributed by atoms with Crippen molar-refractivity contribution in [3.63, 3.8) is 0 Å². The molecule has 14 aromatic rings. The van der Waals surface area contributed by atoms with E-state index in [4.69, 9.17) is 4.11 Å². The molecule has 0 fully saturated rings. The van der Waals surface area contributed by atoms with Crippen LogP contribution in [-0.2, 0) is 5.41 Å². The van der Waals surface area contributed by atoms with Gasteiger partial charge in [-0.15, -0.1) is 0 Å². The Balaban J connectivity index is 0.986. The smallest absolute Gasteiger partial charge is 0.252 e. The summed E-state index contributed by atoms with van der Waals surface area (Å²) in [7, 11) is 0. The first-order valence-electron chi connectivity index (χ1n) is 32.4. The molecule has 5 heteroatoms. The van der Waals surface area contributed by atoms with E-state index in [0.717, 1.165) is 134 Å². The van der Waals surface area contributed by atoms with Gasteiger partial charge in [0.05, 0.1) is 17.9 Å². The highest BCUT2D eigenvalue weighted by Gasteiger charge is 2.45. The van der Waals surface area contributed by atoms with Gasteiger partial charge in [-0.05, 0) is 181 Å². The molecule has 1 aromatic heterocycles. The first-order chi connectivity index (χ1) is 44.9. The standard InChI is InChI=1S/C82H61BN4/c1-82(2,3)64-52-79-81-80(53-64)87(70-49-62(58-29-14-6-15-30-58)47-63(50-70)59-31-16-7-17-32-59)77-51-61(57-27-12-5-13-28-57)41-44-73(77)83(81)74-45-42-69(55-78(74)86(79)67-38-24-33-60(48-67)56-25-10-4-11-26-56)85-75-40-23-22-39-71(75)72-54-68(43-46-76(72)85)84(65-34-18-8-19-35-65)66-36-20-9-21-37-66/h4-55H,1-3H3/i5D,12D,13D,27D,28D. The lowest BCUT2D eigenvalue weighted by atomic mass is 9.33. The second-order valence-corrected chi connectivity index (χ2v) is 23.8. The summed E-state index contributed by atoms with van der Waals surface area (Å²) in [6.45, 7) is 6.51. The number of benzene rings is 13. The van der Waals surface area contributed by atoms with Crippen LogP contribution in [0.15, 0.2) is 315 Å². The highest BCUT2D eigenvalue weighted by molar-refractivity contribution is 7.00. The van der Waals surface area contributed by atoms with Crippen LogP contribution in [0.2, 0.25) is 0 Å². The van der Waals surface area contributed by atoms with Gasteiger partial charge in [0.15, 0.2) is 0 Å². The van der Waals surface area contributed by atoms with Crippen molar-refractivity contribution >= 4 is 96.1 Å². The lowest BCUT2D eigenvalue weighted by molar-refractivity contribution is 0.590. The van der Waals surface area contributed by atoms with Crippen LogP contribution in [0.5, 0.6) is 0 Å². The van der Waals surface area contributed by atoms with Crippen molar-refractivity contribution in [2.45, 2.75) is 26.2 Å². The lowest BCUT2D eigenvalue weighted by Crippen LogP contribution is -2.61. The Kier molecular flexibility index (Phi) is 11.2. The molecule has 87 heavy (non-hydrogen) atoms. The van der Waals surface area contributed by atoms with Crippen molar-refractivity contribution in [2.75, 3.05) is 14.7 Å². The third kappa shape index (κ3) is 9.01. The predicted molar refractivity (Wildman–Crippen MR) is 370 cm³/mol. The Morgan fingerprint density at radius 2 is 0.839 bits per heavy atom. The van der Waals surface area contributed by atoms with E-state index in [2.05, 4.69) is 307 Å². The molecule has 2 aliphatic rings. The van der Waals surface area contributed by atoms with Crippen molar-refractivity contribution < 1.29 is 6.85 Å². The fourth-order valence-electron chi connectivity index (χ4n) is 13.4. The number of nitrogens with zero attached hydrogens (tertiary/aromatic N) is 4. The van der Waals surface area contributed by atoms with E-state index < -0.39 is 6.04 Å². The molecule has 0 atom stereocenters. The zero-order valence-electron chi connectivity index (χ0n) is 53.5. The van der Waals surface area contributed by atoms with Gasteiger partial charge in [0.2, 0.25) is 0 Å². The van der Waals surface area contributed by atoms with E-state index in [1.54, 1.807) is 0 Å². The minimum atomic E-state index is -0.425. The van der Waals surface area contributed by atoms with Crippen LogP contribution in [0.3, 0.4) is 0 Å². The number of hydrogen-bond acceptors (Lipinski definition) is 3. The SMILES string of the molecule is [2H]c1c([2H])c([2H])c(-c2ccc3c(c2)N(c2cc(-c4ccccc4)cc(-c4ccccc4)c2)c2cc(C(C)(C)C)cc4c2B3c2ccc(-n3c5ccccc5c5cc(N(c6ccccc6)c6ccccc6)ccc53)cc2N4c2cccc(-c3ccccc3)c2)c([2H])c1[2H]. The van der Waals surface area contributed by atoms with Gasteiger partial charge in [0, 0.05) is 67.6 Å². The molecule has 412 valence electrons. The van der Waals surface area contributed by atoms with Crippen molar-refractivity contribution in [3.05, 3.63) is 321 Å². The summed E-state index contributed by atoms with van der Waals surface area (Å²) in [4.78, 5) is 7.21. The quantitative estimate of drug-likeness (QED) is 0.127. The van der Waals surface area contributed by atoms with Gasteiger partial charge < -0.3 is 19.3 Å². The molecule has 16 rings (SSSR count). The monoisotopic (exact) mass is 1120 g/mol. The molecule has 0 N–H and O–H groups in total. The number of anilines is 9. The van der Waals surface area contributed by atoms with E-state index in [1.807, 2.05) is 18.2 Å². The normalized spacial score (nSPS) is 13.3. The summed E-state index contributed by atoms with van der Waals surface area (Å²) in [5.41, 5.74) is 23.3. The molecule has 0 spiro atoms. The molecular weight excluding hydrogens is 1050 g/mol. The highest BCUT2D eigenvalue weighted by Crippen LogP contribution is 2.50. The summed E-state index contributed by atoms with van der Waals surface area (Å²) in [5.74, 6) is 0. The summed E-state index contributed by atoms with van der Waals surface area (Å²) in [5, 5.41) is 2.27. The molecule has 4 nitrogen and oxygen atoms in total. The number of fused-ring (bicyclic) bond motifs is 7. The van der Waals surface area contributed by atoms with E-state index in [9.17, 15) is 2.74 Å². The van der Waals surface area contributed by atoms with Gasteiger partial charge in [-0.1, -0.05) is 227 Å². The number of para-hydroxylation sites is 3. The van der Waals surface area contributed by atoms with Crippen LogP contribution < -0.4 is 31.1 Å². The van der Waals surface area contributed by atoms with E-state index in [0.29, 0.717) is 5.56 Å². The predicted octanol–water partition coefficient (Wildman–Crippen LogP) is 20.3. The second-order valence-electron chi connectivity index (χ2n) is 23.8. The summed E-state index contributed by atoms with van der Waals surface area (Å²) < 4.78 is 47.5. The van der Waals surface area contributed by atoms with Gasteiger partial charge in [0.1, 0.15) is 0 Å². The topological polar surface area (TPSA) is 14.7 Å². The molecule has 0 unspecified atom stereocenters. The Morgan fingerprint density at radius 3 is 1.46 bits per heavy atom. The molecule has 2 aliphatic heterocycles. The lowest BCUT2D eigenvalue weighted by Gasteiger charge is -2.45. The van der Waals surface area contributed by atoms with E-state index in [-0.39, 0.29) is 41.9 Å². The van der Waals surface area contributed by atoms with Gasteiger partial charge in [-0.3, -0.25) is 0 Å². The number of rotatable bonds is 10. The molecule has 13 aromatic carbocycles. The Morgan fingerprint density at radius 1 is 0.333 bits per heavy atom. The average Bonchev–Trinajstić information content (AvgIpc) is 0.739. The van der Waals surface area contributed by atoms with E-state index in [1.165, 1.54) is 0 Å². The maximum atomic E-state index is 9.36. The Hall–Kier alpha value is -10.9. The van der Waals surface area contributed by atoms with Crippen molar-refractivity contribution in [3.8, 4) is 50.2 Å². The van der Waals surface area contributed by atoms with Crippen molar-refractivity contribution in [1.82, 2.24) is 4.57 Å². The molecule has 0 amide bonds. The van der Waals surface area contributed by atoms with Gasteiger partial charge in [-0.25, -0.2) is 0 Å². The fraction of sp³-hybridized carbons (Fsp3) is 0.0488. The maximum absolute atomic E-state index is 9.36. The number of hydrogen-bond donors (Lipinski definition) is 0. The molecule has 0 saturated heterocycles. The fourth-order valence-corrected chi connectivity index (χ4v) is 13.4. The number of aromatic nitrogens is 1. The van der Waals surface area contributed by atoms with Crippen LogP contribution in [0.25, 0.3) is 72.0 Å². The van der Waals surface area contributed by atoms with Crippen LogP contribution >= 0.6 is 0 Å². The molecular formula is C82H61BN4.